The molecule has 1 heterocycles. The van der Waals surface area contributed by atoms with Gasteiger partial charge in [0.15, 0.2) is 5.76 Å². The fraction of sp³-hybridized carbons (Fsp3) is 0.900. The lowest BCUT2D eigenvalue weighted by molar-refractivity contribution is -0.227. The number of carbonyl (C=O) groups excluding carboxylic acids is 1. The average Bonchev–Trinajstić information content (AvgIpc) is 3.06. The van der Waals surface area contributed by atoms with Crippen LogP contribution in [0.3, 0.4) is 0 Å². The van der Waals surface area contributed by atoms with Crippen LogP contribution < -0.4 is 0 Å². The third-order valence-corrected chi connectivity index (χ3v) is 13.4. The first-order valence-corrected chi connectivity index (χ1v) is 13.8. The van der Waals surface area contributed by atoms with Crippen molar-refractivity contribution in [2.75, 3.05) is 6.61 Å². The number of ketones is 1. The van der Waals surface area contributed by atoms with E-state index in [1.165, 1.54) is 44.9 Å². The second-order valence-electron chi connectivity index (χ2n) is 15.2. The molecule has 1 saturated heterocycles. The molecule has 5 aliphatic carbocycles. The van der Waals surface area contributed by atoms with Crippen LogP contribution in [0, 0.1) is 56.2 Å². The summed E-state index contributed by atoms with van der Waals surface area (Å²) in [6.45, 7) is 17.7. The molecule has 3 heteroatoms. The molecular weight excluding hydrogens is 408 g/mol. The summed E-state index contributed by atoms with van der Waals surface area (Å²) < 4.78 is 6.67. The number of rotatable bonds is 0. The quantitative estimate of drug-likeness (QED) is 0.424. The Morgan fingerprint density at radius 1 is 0.848 bits per heavy atom. The van der Waals surface area contributed by atoms with Gasteiger partial charge in [-0.05, 0) is 108 Å². The fourth-order valence-corrected chi connectivity index (χ4v) is 11.4. The molecule has 6 rings (SSSR count). The van der Waals surface area contributed by atoms with Crippen LogP contribution in [0.2, 0.25) is 0 Å². The number of Topliss-reactive ketones (excluding diaryl/α,β-unsaturated/α-hetero) is 1. The third-order valence-electron chi connectivity index (χ3n) is 13.4. The van der Waals surface area contributed by atoms with Gasteiger partial charge in [0.2, 0.25) is 5.78 Å². The number of aliphatic hydroxyl groups excluding tert-OH is 1. The molecule has 1 aliphatic heterocycles. The summed E-state index contributed by atoms with van der Waals surface area (Å²) in [6, 6.07) is 0. The Bertz CT molecular complexity index is 931. The van der Waals surface area contributed by atoms with Crippen molar-refractivity contribution in [1.29, 1.82) is 0 Å². The van der Waals surface area contributed by atoms with Gasteiger partial charge in [-0.15, -0.1) is 0 Å². The Hall–Kier alpha value is -0.830. The van der Waals surface area contributed by atoms with Gasteiger partial charge in [0.1, 0.15) is 0 Å². The summed E-state index contributed by atoms with van der Waals surface area (Å²) in [5.74, 6) is 2.25. The van der Waals surface area contributed by atoms with Crippen LogP contribution in [0.5, 0.6) is 0 Å². The lowest BCUT2D eigenvalue weighted by Gasteiger charge is -2.72. The summed E-state index contributed by atoms with van der Waals surface area (Å²) >= 11 is 0. The molecule has 0 aromatic heterocycles. The van der Waals surface area contributed by atoms with Crippen molar-refractivity contribution in [3.8, 4) is 0 Å². The first-order valence-electron chi connectivity index (χ1n) is 13.8. The Morgan fingerprint density at radius 2 is 1.55 bits per heavy atom. The zero-order chi connectivity index (χ0) is 23.8. The molecule has 0 aromatic carbocycles. The zero-order valence-electron chi connectivity index (χ0n) is 22.1. The number of carbonyl (C=O) groups is 1. The number of fused-ring (bicyclic) bond motifs is 5. The molecule has 3 nitrogen and oxygen atoms in total. The average molecular weight is 455 g/mol. The SMILES string of the molecule is CC1(C)CCC23CC[C@]4(C)[C@H](CC[C@@H]5[C@@]6(C)C=C(O)C(=O)C(C)(C)[C@@H]6CC[C@]54C)[C@H]2C1OC3. The Morgan fingerprint density at radius 3 is 2.27 bits per heavy atom. The molecule has 33 heavy (non-hydrogen) atoms. The summed E-state index contributed by atoms with van der Waals surface area (Å²) in [5.41, 5.74) is 0.644. The smallest absolute Gasteiger partial charge is 0.202 e. The van der Waals surface area contributed by atoms with Crippen LogP contribution in [0.4, 0.5) is 0 Å². The van der Waals surface area contributed by atoms with Crippen molar-refractivity contribution in [2.45, 2.75) is 106 Å². The molecule has 9 atom stereocenters. The highest BCUT2D eigenvalue weighted by atomic mass is 16.5. The monoisotopic (exact) mass is 454 g/mol. The highest BCUT2D eigenvalue weighted by Crippen LogP contribution is 2.77. The first kappa shape index (κ1) is 22.6. The van der Waals surface area contributed by atoms with Gasteiger partial charge < -0.3 is 9.84 Å². The number of hydrogen-bond acceptors (Lipinski definition) is 3. The van der Waals surface area contributed by atoms with E-state index in [9.17, 15) is 9.90 Å². The maximum absolute atomic E-state index is 12.9. The topological polar surface area (TPSA) is 46.5 Å². The summed E-state index contributed by atoms with van der Waals surface area (Å²) in [4.78, 5) is 12.9. The van der Waals surface area contributed by atoms with Gasteiger partial charge in [-0.25, -0.2) is 0 Å². The van der Waals surface area contributed by atoms with E-state index in [0.717, 1.165) is 18.9 Å². The Kier molecular flexibility index (Phi) is 4.31. The molecule has 1 N–H and O–H groups in total. The minimum atomic E-state index is -0.483. The molecule has 0 aromatic rings. The number of hydrogen-bond donors (Lipinski definition) is 1. The Labute approximate surface area is 201 Å². The van der Waals surface area contributed by atoms with Crippen LogP contribution in [0.25, 0.3) is 0 Å². The first-order chi connectivity index (χ1) is 15.2. The van der Waals surface area contributed by atoms with E-state index in [4.69, 9.17) is 4.74 Å². The van der Waals surface area contributed by atoms with Crippen molar-refractivity contribution in [1.82, 2.24) is 0 Å². The maximum Gasteiger partial charge on any atom is 0.202 e. The highest BCUT2D eigenvalue weighted by Gasteiger charge is 2.72. The van der Waals surface area contributed by atoms with Crippen molar-refractivity contribution in [2.24, 2.45) is 56.2 Å². The normalized spacial score (nSPS) is 56.2. The molecule has 2 bridgehead atoms. The lowest BCUT2D eigenvalue weighted by Crippen LogP contribution is -2.67. The predicted octanol–water partition coefficient (Wildman–Crippen LogP) is 7.11. The fourth-order valence-electron chi connectivity index (χ4n) is 11.4. The zero-order valence-corrected chi connectivity index (χ0v) is 22.1. The van der Waals surface area contributed by atoms with E-state index in [1.807, 2.05) is 6.08 Å². The molecule has 184 valence electrons. The Balaban J connectivity index is 1.43. The standard InChI is InChI=1S/C30H46O3/c1-25(2)12-14-30-15-13-28(6)18(22(30)24(25)33-17-30)8-9-21-27(5)16-19(31)23(32)26(3,4)20(27)10-11-29(21,28)7/h16,18,20-22,24,31H,8-15,17H2,1-7H3/t18-,20+,21-,22+,24?,27+,28-,29-,30?/m1/s1. The maximum atomic E-state index is 12.9. The van der Waals surface area contributed by atoms with Crippen LogP contribution in [0.15, 0.2) is 11.8 Å². The molecule has 0 spiro atoms. The van der Waals surface area contributed by atoms with Crippen LogP contribution in [-0.2, 0) is 9.53 Å². The van der Waals surface area contributed by atoms with E-state index in [1.54, 1.807) is 0 Å². The predicted molar refractivity (Wildman–Crippen MR) is 131 cm³/mol. The van der Waals surface area contributed by atoms with Crippen molar-refractivity contribution >= 4 is 5.78 Å². The van der Waals surface area contributed by atoms with Crippen LogP contribution in [0.1, 0.15) is 99.8 Å². The van der Waals surface area contributed by atoms with Gasteiger partial charge in [0.25, 0.3) is 0 Å². The van der Waals surface area contributed by atoms with E-state index in [0.29, 0.717) is 34.7 Å². The minimum Gasteiger partial charge on any atom is -0.505 e. The molecule has 5 fully saturated rings. The van der Waals surface area contributed by atoms with Crippen molar-refractivity contribution < 1.29 is 14.6 Å². The van der Waals surface area contributed by atoms with E-state index in [2.05, 4.69) is 48.5 Å². The molecular formula is C30H46O3. The summed E-state index contributed by atoms with van der Waals surface area (Å²) in [5, 5.41) is 10.8. The van der Waals surface area contributed by atoms with Crippen LogP contribution in [-0.4, -0.2) is 23.6 Å². The lowest BCUT2D eigenvalue weighted by atomic mass is 9.32. The van der Waals surface area contributed by atoms with Gasteiger partial charge in [-0.3, -0.25) is 4.79 Å². The van der Waals surface area contributed by atoms with E-state index >= 15 is 0 Å². The van der Waals surface area contributed by atoms with Crippen molar-refractivity contribution in [3.63, 3.8) is 0 Å². The molecule has 6 aliphatic rings. The summed E-state index contributed by atoms with van der Waals surface area (Å²) in [6.07, 6.45) is 12.5. The van der Waals surface area contributed by atoms with Gasteiger partial charge in [-0.2, -0.15) is 0 Å². The number of allylic oxidation sites excluding steroid dienone is 2. The second-order valence-corrected chi connectivity index (χ2v) is 15.2. The largest absolute Gasteiger partial charge is 0.505 e. The second kappa shape index (κ2) is 6.29. The highest BCUT2D eigenvalue weighted by molar-refractivity contribution is 5.98. The van der Waals surface area contributed by atoms with Crippen molar-refractivity contribution in [3.05, 3.63) is 11.8 Å². The van der Waals surface area contributed by atoms with E-state index < -0.39 is 5.41 Å². The van der Waals surface area contributed by atoms with E-state index in [-0.39, 0.29) is 27.8 Å². The number of aliphatic hydroxyl groups is 1. The van der Waals surface area contributed by atoms with Gasteiger partial charge in [0.05, 0.1) is 12.7 Å². The molecule has 0 amide bonds. The minimum absolute atomic E-state index is 0.0262. The molecule has 2 unspecified atom stereocenters. The number of ether oxygens (including phenoxy) is 1. The van der Waals surface area contributed by atoms with Gasteiger partial charge in [-0.1, -0.05) is 48.5 Å². The van der Waals surface area contributed by atoms with Crippen LogP contribution >= 0.6 is 0 Å². The third kappa shape index (κ3) is 2.44. The summed E-state index contributed by atoms with van der Waals surface area (Å²) in [7, 11) is 0. The van der Waals surface area contributed by atoms with Gasteiger partial charge >= 0.3 is 0 Å². The van der Waals surface area contributed by atoms with Gasteiger partial charge in [0, 0.05) is 5.41 Å². The molecule has 0 radical (unpaired) electrons. The molecule has 4 saturated carbocycles.